The van der Waals surface area contributed by atoms with E-state index in [0.29, 0.717) is 13.2 Å². The summed E-state index contributed by atoms with van der Waals surface area (Å²) < 4.78 is 12.0. The average molecular weight is 247 g/mol. The molecule has 0 aromatic heterocycles. The zero-order valence-corrected chi connectivity index (χ0v) is 13.2. The van der Waals surface area contributed by atoms with Crippen LogP contribution < -0.4 is 4.98 Å². The average Bonchev–Trinajstić information content (AvgIpc) is 1.99. The standard InChI is InChI=1S/C12H29NO2Si/c1-9-14-16(15-10-2,12(6,7)8)13-11(3,4)5/h13H,9-10H2,1-8H3. The maximum absolute atomic E-state index is 6.02. The summed E-state index contributed by atoms with van der Waals surface area (Å²) in [5.74, 6) is 0. The largest absolute Gasteiger partial charge is 0.431 e. The van der Waals surface area contributed by atoms with Crippen LogP contribution in [0.1, 0.15) is 55.4 Å². The Bertz CT molecular complexity index is 200. The lowest BCUT2D eigenvalue weighted by molar-refractivity contribution is 0.138. The fourth-order valence-electron chi connectivity index (χ4n) is 1.63. The predicted molar refractivity (Wildman–Crippen MR) is 71.6 cm³/mol. The van der Waals surface area contributed by atoms with Crippen LogP contribution in [-0.2, 0) is 8.85 Å². The highest BCUT2D eigenvalue weighted by Gasteiger charge is 2.52. The fourth-order valence-corrected chi connectivity index (χ4v) is 4.90. The van der Waals surface area contributed by atoms with E-state index in [1.54, 1.807) is 0 Å². The predicted octanol–water partition coefficient (Wildman–Crippen LogP) is 3.19. The Morgan fingerprint density at radius 2 is 1.25 bits per heavy atom. The van der Waals surface area contributed by atoms with Gasteiger partial charge in [0.1, 0.15) is 0 Å². The molecule has 3 nitrogen and oxygen atoms in total. The van der Waals surface area contributed by atoms with E-state index in [-0.39, 0.29) is 10.6 Å². The van der Waals surface area contributed by atoms with E-state index >= 15 is 0 Å². The van der Waals surface area contributed by atoms with Crippen molar-refractivity contribution in [2.24, 2.45) is 0 Å². The molecule has 0 aromatic rings. The smallest absolute Gasteiger partial charge is 0.383 e. The van der Waals surface area contributed by atoms with Crippen LogP contribution >= 0.6 is 0 Å². The third kappa shape index (κ3) is 4.53. The SMILES string of the molecule is CCO[Si](NC(C)(C)C)(OCC)C(C)(C)C. The van der Waals surface area contributed by atoms with Crippen LogP contribution in [0, 0.1) is 0 Å². The first-order valence-electron chi connectivity index (χ1n) is 6.15. The van der Waals surface area contributed by atoms with Crippen LogP contribution in [0.4, 0.5) is 0 Å². The minimum atomic E-state index is -2.38. The van der Waals surface area contributed by atoms with Crippen molar-refractivity contribution in [3.63, 3.8) is 0 Å². The maximum Gasteiger partial charge on any atom is 0.431 e. The topological polar surface area (TPSA) is 30.5 Å². The van der Waals surface area contributed by atoms with Gasteiger partial charge in [0, 0.05) is 23.8 Å². The molecule has 0 aromatic carbocycles. The van der Waals surface area contributed by atoms with Crippen molar-refractivity contribution in [2.45, 2.75) is 66.0 Å². The summed E-state index contributed by atoms with van der Waals surface area (Å²) in [6, 6.07) is 0. The van der Waals surface area contributed by atoms with E-state index in [9.17, 15) is 0 Å². The Labute approximate surface area is 102 Å². The summed E-state index contributed by atoms with van der Waals surface area (Å²) in [4.78, 5) is 3.61. The van der Waals surface area contributed by atoms with Crippen molar-refractivity contribution in [1.29, 1.82) is 0 Å². The highest BCUT2D eigenvalue weighted by Crippen LogP contribution is 2.37. The second-order valence-electron chi connectivity index (χ2n) is 6.11. The molecule has 0 atom stereocenters. The molecule has 4 heteroatoms. The fraction of sp³-hybridized carbons (Fsp3) is 1.00. The monoisotopic (exact) mass is 247 g/mol. The molecule has 1 N–H and O–H groups in total. The third-order valence-corrected chi connectivity index (χ3v) is 6.67. The first-order valence-corrected chi connectivity index (χ1v) is 7.97. The first-order chi connectivity index (χ1) is 7.08. The highest BCUT2D eigenvalue weighted by atomic mass is 28.4. The van der Waals surface area contributed by atoms with Crippen molar-refractivity contribution in [3.8, 4) is 0 Å². The molecule has 0 spiro atoms. The highest BCUT2D eigenvalue weighted by molar-refractivity contribution is 6.68. The first kappa shape index (κ1) is 16.1. The molecular weight excluding hydrogens is 218 g/mol. The van der Waals surface area contributed by atoms with Gasteiger partial charge in [0.25, 0.3) is 0 Å². The van der Waals surface area contributed by atoms with E-state index in [0.717, 1.165) is 0 Å². The minimum Gasteiger partial charge on any atom is -0.383 e. The van der Waals surface area contributed by atoms with Gasteiger partial charge >= 0.3 is 8.72 Å². The summed E-state index contributed by atoms with van der Waals surface area (Å²) in [5.41, 5.74) is 0.00381. The molecule has 0 saturated heterocycles. The molecule has 0 fully saturated rings. The number of nitrogens with one attached hydrogen (secondary N) is 1. The second kappa shape index (κ2) is 5.62. The summed E-state index contributed by atoms with van der Waals surface area (Å²) in [6.45, 7) is 18.4. The zero-order chi connectivity index (χ0) is 13.0. The molecule has 0 aliphatic rings. The van der Waals surface area contributed by atoms with Gasteiger partial charge in [-0.05, 0) is 34.6 Å². The van der Waals surface area contributed by atoms with Gasteiger partial charge in [-0.15, -0.1) is 0 Å². The van der Waals surface area contributed by atoms with Crippen LogP contribution in [0.5, 0.6) is 0 Å². The number of hydrogen-bond donors (Lipinski definition) is 1. The molecule has 0 radical (unpaired) electrons. The Hall–Kier alpha value is 0.0969. The van der Waals surface area contributed by atoms with Crippen LogP contribution in [0.25, 0.3) is 0 Å². The van der Waals surface area contributed by atoms with Gasteiger partial charge in [-0.1, -0.05) is 20.8 Å². The van der Waals surface area contributed by atoms with Crippen molar-refractivity contribution in [3.05, 3.63) is 0 Å². The van der Waals surface area contributed by atoms with Crippen molar-refractivity contribution < 1.29 is 8.85 Å². The second-order valence-corrected chi connectivity index (χ2v) is 9.67. The molecule has 98 valence electrons. The van der Waals surface area contributed by atoms with Crippen molar-refractivity contribution in [1.82, 2.24) is 4.98 Å². The molecule has 0 amide bonds. The summed E-state index contributed by atoms with van der Waals surface area (Å²) in [5, 5.41) is 0.00625. The van der Waals surface area contributed by atoms with E-state index in [1.165, 1.54) is 0 Å². The van der Waals surface area contributed by atoms with Gasteiger partial charge in [-0.3, -0.25) is 4.98 Å². The lowest BCUT2D eigenvalue weighted by atomic mass is 10.1. The molecule has 0 rings (SSSR count). The van der Waals surface area contributed by atoms with Crippen molar-refractivity contribution in [2.75, 3.05) is 13.2 Å². The van der Waals surface area contributed by atoms with Gasteiger partial charge in [0.15, 0.2) is 0 Å². The van der Waals surface area contributed by atoms with Crippen LogP contribution in [0.2, 0.25) is 5.04 Å². The molecule has 0 saturated carbocycles. The molecule has 0 heterocycles. The Morgan fingerprint density at radius 1 is 0.875 bits per heavy atom. The van der Waals surface area contributed by atoms with Gasteiger partial charge < -0.3 is 8.85 Å². The van der Waals surface area contributed by atoms with Crippen LogP contribution in [0.15, 0.2) is 0 Å². The van der Waals surface area contributed by atoms with E-state index < -0.39 is 8.72 Å². The van der Waals surface area contributed by atoms with E-state index in [4.69, 9.17) is 8.85 Å². The quantitative estimate of drug-likeness (QED) is 0.757. The van der Waals surface area contributed by atoms with Gasteiger partial charge in [0.2, 0.25) is 0 Å². The Morgan fingerprint density at radius 3 is 1.44 bits per heavy atom. The summed E-state index contributed by atoms with van der Waals surface area (Å²) in [7, 11) is -2.38. The number of rotatable bonds is 5. The van der Waals surface area contributed by atoms with Crippen molar-refractivity contribution >= 4 is 8.72 Å². The van der Waals surface area contributed by atoms with Crippen LogP contribution in [0.3, 0.4) is 0 Å². The molecular formula is C12H29NO2Si. The molecule has 0 unspecified atom stereocenters. The minimum absolute atomic E-state index is 0.00381. The molecule has 0 aliphatic heterocycles. The van der Waals surface area contributed by atoms with Gasteiger partial charge in [-0.2, -0.15) is 0 Å². The Balaban J connectivity index is 5.09. The molecule has 0 aliphatic carbocycles. The summed E-state index contributed by atoms with van der Waals surface area (Å²) in [6.07, 6.45) is 0. The maximum atomic E-state index is 6.02. The number of hydrogen-bond acceptors (Lipinski definition) is 3. The van der Waals surface area contributed by atoms with E-state index in [2.05, 4.69) is 46.5 Å². The van der Waals surface area contributed by atoms with Gasteiger partial charge in [-0.25, -0.2) is 0 Å². The summed E-state index contributed by atoms with van der Waals surface area (Å²) >= 11 is 0. The lowest BCUT2D eigenvalue weighted by Crippen LogP contribution is -2.67. The van der Waals surface area contributed by atoms with E-state index in [1.807, 2.05) is 13.8 Å². The molecule has 16 heavy (non-hydrogen) atoms. The zero-order valence-electron chi connectivity index (χ0n) is 12.2. The normalized spacial score (nSPS) is 14.2. The van der Waals surface area contributed by atoms with Crippen LogP contribution in [-0.4, -0.2) is 27.5 Å². The molecule has 0 bridgehead atoms. The van der Waals surface area contributed by atoms with Gasteiger partial charge in [0.05, 0.1) is 0 Å². The lowest BCUT2D eigenvalue weighted by Gasteiger charge is -2.44. The Kier molecular flexibility index (Phi) is 5.66. The third-order valence-electron chi connectivity index (χ3n) is 2.22.